The van der Waals surface area contributed by atoms with Crippen LogP contribution >= 0.6 is 11.3 Å². The second-order valence-electron chi connectivity index (χ2n) is 7.51. The maximum atomic E-state index is 13.5. The molecule has 1 N–H and O–H groups in total. The molecule has 1 amide bonds. The summed E-state index contributed by atoms with van der Waals surface area (Å²) in [7, 11) is -2.14. The number of piperidine rings is 1. The van der Waals surface area contributed by atoms with Crippen LogP contribution in [0.1, 0.15) is 12.8 Å². The summed E-state index contributed by atoms with van der Waals surface area (Å²) in [5.74, 6) is -1.95. The summed E-state index contributed by atoms with van der Waals surface area (Å²) in [5, 5.41) is 4.73. The largest absolute Gasteiger partial charge is 0.497 e. The SMILES string of the molecule is COc1ccc(S(=O)(=O)N2CCC(C(=O)Nc3nc(-c4ccc(F)c(F)c4)cs3)CC2)cc1. The summed E-state index contributed by atoms with van der Waals surface area (Å²) in [5.41, 5.74) is 0.831. The number of nitrogens with zero attached hydrogens (tertiary/aromatic N) is 2. The summed E-state index contributed by atoms with van der Waals surface area (Å²) in [6, 6.07) is 9.68. The van der Waals surface area contributed by atoms with Gasteiger partial charge in [-0.1, -0.05) is 0 Å². The normalized spacial score (nSPS) is 15.4. The maximum absolute atomic E-state index is 13.5. The van der Waals surface area contributed by atoms with E-state index < -0.39 is 21.7 Å². The van der Waals surface area contributed by atoms with E-state index in [9.17, 15) is 22.0 Å². The zero-order chi connectivity index (χ0) is 23.6. The van der Waals surface area contributed by atoms with E-state index in [1.807, 2.05) is 0 Å². The number of carbonyl (C=O) groups excluding carboxylic acids is 1. The molecule has 2 heterocycles. The van der Waals surface area contributed by atoms with E-state index in [-0.39, 0.29) is 29.8 Å². The van der Waals surface area contributed by atoms with E-state index in [1.54, 1.807) is 17.5 Å². The predicted molar refractivity (Wildman–Crippen MR) is 121 cm³/mol. The van der Waals surface area contributed by atoms with Crippen LogP contribution in [0.5, 0.6) is 5.75 Å². The van der Waals surface area contributed by atoms with Crippen LogP contribution in [0.15, 0.2) is 52.7 Å². The molecule has 2 aromatic carbocycles. The number of benzene rings is 2. The Morgan fingerprint density at radius 1 is 1.12 bits per heavy atom. The van der Waals surface area contributed by atoms with Crippen LogP contribution in [0.2, 0.25) is 0 Å². The molecule has 0 radical (unpaired) electrons. The lowest BCUT2D eigenvalue weighted by atomic mass is 9.97. The fourth-order valence-electron chi connectivity index (χ4n) is 3.58. The number of thiazole rings is 1. The van der Waals surface area contributed by atoms with Gasteiger partial charge in [-0.15, -0.1) is 11.3 Å². The Balaban J connectivity index is 1.36. The lowest BCUT2D eigenvalue weighted by molar-refractivity contribution is -0.120. The van der Waals surface area contributed by atoms with Crippen molar-refractivity contribution in [3.63, 3.8) is 0 Å². The van der Waals surface area contributed by atoms with Crippen molar-refractivity contribution >= 4 is 32.4 Å². The van der Waals surface area contributed by atoms with Crippen molar-refractivity contribution in [1.82, 2.24) is 9.29 Å². The van der Waals surface area contributed by atoms with Crippen LogP contribution in [0.4, 0.5) is 13.9 Å². The Bertz CT molecular complexity index is 1250. The van der Waals surface area contributed by atoms with Crippen molar-refractivity contribution in [3.05, 3.63) is 59.5 Å². The number of hydrogen-bond donors (Lipinski definition) is 1. The first kappa shape index (κ1) is 23.3. The third-order valence-corrected chi connectivity index (χ3v) is 8.14. The Hall–Kier alpha value is -2.89. The number of amides is 1. The first-order valence-corrected chi connectivity index (χ1v) is 12.5. The number of anilines is 1. The second-order valence-corrected chi connectivity index (χ2v) is 10.3. The molecule has 0 aliphatic carbocycles. The summed E-state index contributed by atoms with van der Waals surface area (Å²) in [4.78, 5) is 17.1. The second kappa shape index (κ2) is 9.54. The molecule has 0 unspecified atom stereocenters. The topological polar surface area (TPSA) is 88.6 Å². The molecule has 1 saturated heterocycles. The Kier molecular flexibility index (Phi) is 6.73. The number of rotatable bonds is 6. The van der Waals surface area contributed by atoms with Gasteiger partial charge in [0.05, 0.1) is 17.7 Å². The van der Waals surface area contributed by atoms with Gasteiger partial charge in [0.15, 0.2) is 16.8 Å². The molecule has 7 nitrogen and oxygen atoms in total. The molecule has 0 atom stereocenters. The Labute approximate surface area is 194 Å². The van der Waals surface area contributed by atoms with Crippen molar-refractivity contribution in [2.24, 2.45) is 5.92 Å². The van der Waals surface area contributed by atoms with Gasteiger partial charge < -0.3 is 10.1 Å². The third kappa shape index (κ3) is 5.05. The molecular weight excluding hydrogens is 472 g/mol. The van der Waals surface area contributed by atoms with E-state index in [1.165, 1.54) is 41.0 Å². The number of methoxy groups -OCH3 is 1. The smallest absolute Gasteiger partial charge is 0.243 e. The summed E-state index contributed by atoms with van der Waals surface area (Å²) >= 11 is 1.18. The summed E-state index contributed by atoms with van der Waals surface area (Å²) in [6.45, 7) is 0.453. The van der Waals surface area contributed by atoms with Gasteiger partial charge in [0.2, 0.25) is 15.9 Å². The van der Waals surface area contributed by atoms with Crippen molar-refractivity contribution in [1.29, 1.82) is 0 Å². The number of carbonyl (C=O) groups is 1. The zero-order valence-electron chi connectivity index (χ0n) is 17.6. The van der Waals surface area contributed by atoms with Crippen molar-refractivity contribution in [2.45, 2.75) is 17.7 Å². The van der Waals surface area contributed by atoms with Crippen LogP contribution in [-0.2, 0) is 14.8 Å². The molecule has 1 aliphatic rings. The molecule has 3 aromatic rings. The summed E-state index contributed by atoms with van der Waals surface area (Å²) in [6.07, 6.45) is 0.755. The molecule has 1 fully saturated rings. The van der Waals surface area contributed by atoms with E-state index in [0.717, 1.165) is 12.1 Å². The van der Waals surface area contributed by atoms with Crippen molar-refractivity contribution in [3.8, 4) is 17.0 Å². The lowest BCUT2D eigenvalue weighted by Gasteiger charge is -2.30. The molecule has 33 heavy (non-hydrogen) atoms. The van der Waals surface area contributed by atoms with Gasteiger partial charge in [-0.2, -0.15) is 4.31 Å². The molecule has 11 heteroatoms. The third-order valence-electron chi connectivity index (χ3n) is 5.47. The van der Waals surface area contributed by atoms with Crippen LogP contribution in [0.3, 0.4) is 0 Å². The number of ether oxygens (including phenoxy) is 1. The standard InChI is InChI=1S/C22H21F2N3O4S2/c1-31-16-3-5-17(6-4-16)33(29,30)27-10-8-14(9-11-27)21(28)26-22-25-20(13-32-22)15-2-7-18(23)19(24)12-15/h2-7,12-14H,8-11H2,1H3,(H,25,26,28). The first-order valence-electron chi connectivity index (χ1n) is 10.1. The van der Waals surface area contributed by atoms with Crippen molar-refractivity contribution in [2.75, 3.05) is 25.5 Å². The first-order chi connectivity index (χ1) is 15.8. The Morgan fingerprint density at radius 3 is 2.45 bits per heavy atom. The average molecular weight is 494 g/mol. The molecule has 4 rings (SSSR count). The zero-order valence-corrected chi connectivity index (χ0v) is 19.3. The van der Waals surface area contributed by atoms with Crippen LogP contribution < -0.4 is 10.1 Å². The van der Waals surface area contributed by atoms with E-state index in [4.69, 9.17) is 4.74 Å². The number of halogens is 2. The highest BCUT2D eigenvalue weighted by molar-refractivity contribution is 7.89. The lowest BCUT2D eigenvalue weighted by Crippen LogP contribution is -2.41. The number of sulfonamides is 1. The molecule has 0 spiro atoms. The Morgan fingerprint density at radius 2 is 1.82 bits per heavy atom. The van der Waals surface area contributed by atoms with Gasteiger partial charge in [0.1, 0.15) is 5.75 Å². The highest BCUT2D eigenvalue weighted by Crippen LogP contribution is 2.29. The van der Waals surface area contributed by atoms with Gasteiger partial charge in [0, 0.05) is 30.0 Å². The van der Waals surface area contributed by atoms with Gasteiger partial charge in [-0.3, -0.25) is 4.79 Å². The quantitative estimate of drug-likeness (QED) is 0.558. The van der Waals surface area contributed by atoms with Crippen molar-refractivity contribution < 1.29 is 26.7 Å². The minimum atomic E-state index is -3.65. The monoisotopic (exact) mass is 493 g/mol. The highest BCUT2D eigenvalue weighted by Gasteiger charge is 2.32. The summed E-state index contributed by atoms with van der Waals surface area (Å²) < 4.78 is 58.8. The number of nitrogens with one attached hydrogen (secondary N) is 1. The minimum absolute atomic E-state index is 0.179. The average Bonchev–Trinajstić information content (AvgIpc) is 3.29. The van der Waals surface area contributed by atoms with E-state index >= 15 is 0 Å². The van der Waals surface area contributed by atoms with Gasteiger partial charge >= 0.3 is 0 Å². The van der Waals surface area contributed by atoms with E-state index in [2.05, 4.69) is 10.3 Å². The fraction of sp³-hybridized carbons (Fsp3) is 0.273. The molecule has 1 aliphatic heterocycles. The van der Waals surface area contributed by atoms with Crippen LogP contribution in [-0.4, -0.2) is 43.8 Å². The molecule has 1 aromatic heterocycles. The molecule has 0 bridgehead atoms. The van der Waals surface area contributed by atoms with Crippen LogP contribution in [0, 0.1) is 17.6 Å². The molecular formula is C22H21F2N3O4S2. The fourth-order valence-corrected chi connectivity index (χ4v) is 5.77. The molecule has 0 saturated carbocycles. The van der Waals surface area contributed by atoms with Gasteiger partial charge in [-0.05, 0) is 55.3 Å². The maximum Gasteiger partial charge on any atom is 0.243 e. The molecule has 174 valence electrons. The van der Waals surface area contributed by atoms with E-state index in [0.29, 0.717) is 35.0 Å². The number of hydrogen-bond acceptors (Lipinski definition) is 6. The van der Waals surface area contributed by atoms with Crippen LogP contribution in [0.25, 0.3) is 11.3 Å². The van der Waals surface area contributed by atoms with Gasteiger partial charge in [0.25, 0.3) is 0 Å². The number of aromatic nitrogens is 1. The van der Waals surface area contributed by atoms with Gasteiger partial charge in [-0.25, -0.2) is 22.2 Å². The predicted octanol–water partition coefficient (Wildman–Crippen LogP) is 4.14. The highest BCUT2D eigenvalue weighted by atomic mass is 32.2. The minimum Gasteiger partial charge on any atom is -0.497 e.